The largest absolute Gasteiger partial charge is 0.481 e. The van der Waals surface area contributed by atoms with Crippen LogP contribution in [0, 0.1) is 0 Å². The van der Waals surface area contributed by atoms with E-state index in [1.807, 2.05) is 30.3 Å². The Labute approximate surface area is 122 Å². The fourth-order valence-corrected chi connectivity index (χ4v) is 2.55. The van der Waals surface area contributed by atoms with E-state index in [0.717, 1.165) is 5.56 Å². The summed E-state index contributed by atoms with van der Waals surface area (Å²) < 4.78 is 10.6. The van der Waals surface area contributed by atoms with Gasteiger partial charge in [-0.3, -0.25) is 4.79 Å². The molecule has 1 atom stereocenters. The van der Waals surface area contributed by atoms with Crippen LogP contribution in [0.3, 0.4) is 0 Å². The summed E-state index contributed by atoms with van der Waals surface area (Å²) in [5.41, 5.74) is 0.686. The smallest absolute Gasteiger partial charge is 0.314 e. The Morgan fingerprint density at radius 3 is 2.57 bits per heavy atom. The van der Waals surface area contributed by atoms with Crippen LogP contribution >= 0.6 is 0 Å². The second-order valence-corrected chi connectivity index (χ2v) is 5.37. The molecular formula is C17H16O4. The zero-order valence-electron chi connectivity index (χ0n) is 11.7. The number of rotatable bonds is 4. The zero-order chi connectivity index (χ0) is 14.9. The minimum Gasteiger partial charge on any atom is -0.481 e. The van der Waals surface area contributed by atoms with E-state index < -0.39 is 11.4 Å². The number of hydrogen-bond acceptors (Lipinski definition) is 3. The SMILES string of the molecule is CC(Cc1ccccc1)(C(=O)O)c1ccc2c(c1)OCO2. The van der Waals surface area contributed by atoms with Crippen molar-refractivity contribution in [2.45, 2.75) is 18.8 Å². The molecule has 1 aliphatic heterocycles. The van der Waals surface area contributed by atoms with Crippen molar-refractivity contribution in [2.75, 3.05) is 6.79 Å². The molecule has 1 unspecified atom stereocenters. The van der Waals surface area contributed by atoms with Crippen LogP contribution in [-0.2, 0) is 16.6 Å². The van der Waals surface area contributed by atoms with E-state index in [9.17, 15) is 9.90 Å². The third kappa shape index (κ3) is 2.44. The van der Waals surface area contributed by atoms with Gasteiger partial charge in [-0.25, -0.2) is 0 Å². The molecule has 4 heteroatoms. The van der Waals surface area contributed by atoms with Gasteiger partial charge in [-0.1, -0.05) is 36.4 Å². The Kier molecular flexibility index (Phi) is 3.29. The maximum atomic E-state index is 11.9. The third-order valence-corrected chi connectivity index (χ3v) is 3.88. The Hall–Kier alpha value is -2.49. The molecule has 0 aliphatic carbocycles. The number of carbonyl (C=O) groups is 1. The van der Waals surface area contributed by atoms with Crippen molar-refractivity contribution in [1.82, 2.24) is 0 Å². The second-order valence-electron chi connectivity index (χ2n) is 5.37. The molecule has 0 amide bonds. The van der Waals surface area contributed by atoms with Gasteiger partial charge in [0.1, 0.15) is 0 Å². The van der Waals surface area contributed by atoms with E-state index >= 15 is 0 Å². The molecule has 3 rings (SSSR count). The van der Waals surface area contributed by atoms with Gasteiger partial charge in [-0.15, -0.1) is 0 Å². The molecule has 2 aromatic carbocycles. The third-order valence-electron chi connectivity index (χ3n) is 3.88. The molecular weight excluding hydrogens is 268 g/mol. The van der Waals surface area contributed by atoms with Crippen LogP contribution < -0.4 is 9.47 Å². The van der Waals surface area contributed by atoms with Crippen molar-refractivity contribution in [3.63, 3.8) is 0 Å². The summed E-state index contributed by atoms with van der Waals surface area (Å²) in [6.45, 7) is 1.92. The fraction of sp³-hybridized carbons (Fsp3) is 0.235. The number of carboxylic acid groups (broad SMARTS) is 1. The standard InChI is InChI=1S/C17H16O4/c1-17(16(18)19,10-12-5-3-2-4-6-12)13-7-8-14-15(9-13)21-11-20-14/h2-9H,10-11H2,1H3,(H,18,19). The minimum absolute atomic E-state index is 0.182. The molecule has 108 valence electrons. The highest BCUT2D eigenvalue weighted by Crippen LogP contribution is 2.38. The van der Waals surface area contributed by atoms with Crippen molar-refractivity contribution in [1.29, 1.82) is 0 Å². The predicted octanol–water partition coefficient (Wildman–Crippen LogP) is 3.00. The molecule has 21 heavy (non-hydrogen) atoms. The second kappa shape index (κ2) is 5.13. The van der Waals surface area contributed by atoms with Gasteiger partial charge in [0.15, 0.2) is 11.5 Å². The van der Waals surface area contributed by atoms with Gasteiger partial charge in [-0.2, -0.15) is 0 Å². The quantitative estimate of drug-likeness (QED) is 0.937. The maximum absolute atomic E-state index is 11.9. The van der Waals surface area contributed by atoms with E-state index in [1.165, 1.54) is 0 Å². The lowest BCUT2D eigenvalue weighted by molar-refractivity contribution is -0.143. The van der Waals surface area contributed by atoms with Crippen molar-refractivity contribution in [2.24, 2.45) is 0 Å². The summed E-state index contributed by atoms with van der Waals surface area (Å²) in [5.74, 6) is 0.407. The van der Waals surface area contributed by atoms with Crippen molar-refractivity contribution in [3.05, 3.63) is 59.7 Å². The summed E-state index contributed by atoms with van der Waals surface area (Å²) in [6.07, 6.45) is 0.419. The van der Waals surface area contributed by atoms with E-state index in [4.69, 9.17) is 9.47 Å². The number of aliphatic carboxylic acids is 1. The van der Waals surface area contributed by atoms with Crippen LogP contribution in [-0.4, -0.2) is 17.9 Å². The summed E-state index contributed by atoms with van der Waals surface area (Å²) in [5, 5.41) is 9.72. The van der Waals surface area contributed by atoms with Crippen molar-refractivity contribution in [3.8, 4) is 11.5 Å². The van der Waals surface area contributed by atoms with Crippen LogP contribution in [0.5, 0.6) is 11.5 Å². The lowest BCUT2D eigenvalue weighted by Gasteiger charge is -2.25. The molecule has 4 nitrogen and oxygen atoms in total. The number of fused-ring (bicyclic) bond motifs is 1. The Morgan fingerprint density at radius 2 is 1.86 bits per heavy atom. The molecule has 0 fully saturated rings. The molecule has 0 aromatic heterocycles. The highest BCUT2D eigenvalue weighted by Gasteiger charge is 2.36. The molecule has 0 saturated heterocycles. The Morgan fingerprint density at radius 1 is 1.14 bits per heavy atom. The van der Waals surface area contributed by atoms with Crippen LogP contribution in [0.25, 0.3) is 0 Å². The average Bonchev–Trinajstić information content (AvgIpc) is 2.95. The van der Waals surface area contributed by atoms with E-state index in [2.05, 4.69) is 0 Å². The first kappa shape index (κ1) is 13.5. The zero-order valence-corrected chi connectivity index (χ0v) is 11.7. The monoisotopic (exact) mass is 284 g/mol. The highest BCUT2D eigenvalue weighted by molar-refractivity contribution is 5.81. The number of benzene rings is 2. The highest BCUT2D eigenvalue weighted by atomic mass is 16.7. The van der Waals surface area contributed by atoms with Crippen LogP contribution in [0.4, 0.5) is 0 Å². The molecule has 1 heterocycles. The summed E-state index contributed by atoms with van der Waals surface area (Å²) in [6, 6.07) is 15.0. The number of carboxylic acids is 1. The molecule has 1 aliphatic rings. The van der Waals surface area contributed by atoms with Crippen LogP contribution in [0.2, 0.25) is 0 Å². The lowest BCUT2D eigenvalue weighted by Crippen LogP contribution is -2.34. The van der Waals surface area contributed by atoms with Gasteiger partial charge >= 0.3 is 5.97 Å². The van der Waals surface area contributed by atoms with E-state index in [1.54, 1.807) is 25.1 Å². The molecule has 2 aromatic rings. The average molecular weight is 284 g/mol. The summed E-state index contributed by atoms with van der Waals surface area (Å²) in [7, 11) is 0. The first-order chi connectivity index (χ1) is 10.1. The Bertz CT molecular complexity index is 666. The van der Waals surface area contributed by atoms with Gasteiger partial charge < -0.3 is 14.6 Å². The summed E-state index contributed by atoms with van der Waals surface area (Å²) >= 11 is 0. The lowest BCUT2D eigenvalue weighted by atomic mass is 9.77. The first-order valence-electron chi connectivity index (χ1n) is 6.77. The molecule has 0 radical (unpaired) electrons. The molecule has 1 N–H and O–H groups in total. The van der Waals surface area contributed by atoms with Gasteiger partial charge in [-0.05, 0) is 36.6 Å². The van der Waals surface area contributed by atoms with Gasteiger partial charge in [0.2, 0.25) is 6.79 Å². The fourth-order valence-electron chi connectivity index (χ4n) is 2.55. The van der Waals surface area contributed by atoms with Crippen LogP contribution in [0.1, 0.15) is 18.1 Å². The van der Waals surface area contributed by atoms with E-state index in [0.29, 0.717) is 23.5 Å². The van der Waals surface area contributed by atoms with Crippen molar-refractivity contribution < 1.29 is 19.4 Å². The number of hydrogen-bond donors (Lipinski definition) is 1. The van der Waals surface area contributed by atoms with Gasteiger partial charge in [0, 0.05) is 0 Å². The summed E-state index contributed by atoms with van der Waals surface area (Å²) in [4.78, 5) is 11.9. The van der Waals surface area contributed by atoms with Crippen molar-refractivity contribution >= 4 is 5.97 Å². The van der Waals surface area contributed by atoms with E-state index in [-0.39, 0.29) is 6.79 Å². The molecule has 0 bridgehead atoms. The van der Waals surface area contributed by atoms with Crippen LogP contribution in [0.15, 0.2) is 48.5 Å². The molecule has 0 spiro atoms. The minimum atomic E-state index is -1.01. The van der Waals surface area contributed by atoms with Gasteiger partial charge in [0.05, 0.1) is 5.41 Å². The maximum Gasteiger partial charge on any atom is 0.314 e. The normalized spacial score (nSPS) is 15.5. The predicted molar refractivity (Wildman–Crippen MR) is 77.7 cm³/mol. The Balaban J connectivity index is 1.99. The topological polar surface area (TPSA) is 55.8 Å². The van der Waals surface area contributed by atoms with Gasteiger partial charge in [0.25, 0.3) is 0 Å². The number of ether oxygens (including phenoxy) is 2. The first-order valence-corrected chi connectivity index (χ1v) is 6.77. The molecule has 0 saturated carbocycles.